The van der Waals surface area contributed by atoms with Gasteiger partial charge in [0.1, 0.15) is 0 Å². The Kier molecular flexibility index (Phi) is 4.64. The van der Waals surface area contributed by atoms with E-state index in [-0.39, 0.29) is 5.03 Å². The minimum absolute atomic E-state index is 0.132. The van der Waals surface area contributed by atoms with E-state index in [1.165, 1.54) is 4.31 Å². The predicted molar refractivity (Wildman–Crippen MR) is 82.7 cm³/mol. The first-order valence-electron chi connectivity index (χ1n) is 6.75. The zero-order valence-electron chi connectivity index (χ0n) is 12.4. The fourth-order valence-corrected chi connectivity index (χ4v) is 3.30. The lowest BCUT2D eigenvalue weighted by Gasteiger charge is -2.19. The van der Waals surface area contributed by atoms with Crippen LogP contribution in [0.3, 0.4) is 0 Å². The standard InChI is InChI=1S/C14H20N4O2S/c1-4-15-9-12-10-16-17-14(12)21(19,20)18(3)13-7-5-6-11(2)8-13/h5-8,10,15H,4,9H2,1-3H3,(H,16,17). The number of sulfonamides is 1. The predicted octanol–water partition coefficient (Wildman–Crippen LogP) is 1.65. The van der Waals surface area contributed by atoms with Crippen molar-refractivity contribution < 1.29 is 8.42 Å². The van der Waals surface area contributed by atoms with Gasteiger partial charge < -0.3 is 5.32 Å². The van der Waals surface area contributed by atoms with Gasteiger partial charge in [-0.05, 0) is 31.2 Å². The molecule has 2 rings (SSSR count). The van der Waals surface area contributed by atoms with Gasteiger partial charge in [-0.2, -0.15) is 13.5 Å². The summed E-state index contributed by atoms with van der Waals surface area (Å²) in [7, 11) is -2.11. The number of nitrogens with one attached hydrogen (secondary N) is 2. The van der Waals surface area contributed by atoms with E-state index in [0.29, 0.717) is 17.8 Å². The summed E-state index contributed by atoms with van der Waals surface area (Å²) in [5.74, 6) is 0. The first-order chi connectivity index (χ1) is 9.96. The second-order valence-electron chi connectivity index (χ2n) is 4.82. The molecule has 1 heterocycles. The third kappa shape index (κ3) is 3.25. The lowest BCUT2D eigenvalue weighted by atomic mass is 10.2. The van der Waals surface area contributed by atoms with Crippen molar-refractivity contribution in [2.45, 2.75) is 25.4 Å². The van der Waals surface area contributed by atoms with E-state index >= 15 is 0 Å². The summed E-state index contributed by atoms with van der Waals surface area (Å²) in [6, 6.07) is 7.36. The van der Waals surface area contributed by atoms with E-state index in [2.05, 4.69) is 15.5 Å². The smallest absolute Gasteiger partial charge is 0.281 e. The summed E-state index contributed by atoms with van der Waals surface area (Å²) in [5.41, 5.74) is 2.27. The Hall–Kier alpha value is -1.86. The molecule has 0 aliphatic heterocycles. The summed E-state index contributed by atoms with van der Waals surface area (Å²) in [5, 5.41) is 9.70. The third-order valence-corrected chi connectivity index (χ3v) is 5.03. The molecule has 114 valence electrons. The van der Waals surface area contributed by atoms with Crippen LogP contribution in [0, 0.1) is 6.92 Å². The van der Waals surface area contributed by atoms with E-state index in [1.807, 2.05) is 32.0 Å². The van der Waals surface area contributed by atoms with Crippen LogP contribution in [-0.2, 0) is 16.6 Å². The first kappa shape index (κ1) is 15.5. The molecule has 0 saturated carbocycles. The number of hydrogen-bond donors (Lipinski definition) is 2. The quantitative estimate of drug-likeness (QED) is 0.850. The number of benzene rings is 1. The number of hydrogen-bond acceptors (Lipinski definition) is 4. The number of anilines is 1. The molecule has 6 nitrogen and oxygen atoms in total. The molecule has 0 atom stereocenters. The minimum atomic E-state index is -3.65. The molecule has 0 aliphatic rings. The second kappa shape index (κ2) is 6.28. The Morgan fingerprint density at radius 2 is 2.14 bits per heavy atom. The van der Waals surface area contributed by atoms with E-state index in [0.717, 1.165) is 12.1 Å². The monoisotopic (exact) mass is 308 g/mol. The second-order valence-corrected chi connectivity index (χ2v) is 6.72. The molecule has 7 heteroatoms. The number of aromatic nitrogens is 2. The largest absolute Gasteiger partial charge is 0.313 e. The normalized spacial score (nSPS) is 11.6. The van der Waals surface area contributed by atoms with Gasteiger partial charge in [0.25, 0.3) is 10.0 Å². The van der Waals surface area contributed by atoms with Crippen molar-refractivity contribution in [3.63, 3.8) is 0 Å². The highest BCUT2D eigenvalue weighted by molar-refractivity contribution is 7.92. The van der Waals surface area contributed by atoms with Crippen LogP contribution < -0.4 is 9.62 Å². The van der Waals surface area contributed by atoms with Gasteiger partial charge in [-0.1, -0.05) is 19.1 Å². The topological polar surface area (TPSA) is 78.1 Å². The van der Waals surface area contributed by atoms with Gasteiger partial charge >= 0.3 is 0 Å². The van der Waals surface area contributed by atoms with Gasteiger partial charge in [0.15, 0.2) is 5.03 Å². The Morgan fingerprint density at radius 1 is 1.38 bits per heavy atom. The zero-order chi connectivity index (χ0) is 15.5. The van der Waals surface area contributed by atoms with Gasteiger partial charge in [-0.15, -0.1) is 0 Å². The van der Waals surface area contributed by atoms with Gasteiger partial charge in [-0.3, -0.25) is 9.40 Å². The number of rotatable bonds is 6. The summed E-state index contributed by atoms with van der Waals surface area (Å²) in [6.07, 6.45) is 1.54. The van der Waals surface area contributed by atoms with Crippen molar-refractivity contribution in [2.24, 2.45) is 0 Å². The molecule has 0 fully saturated rings. The highest BCUT2D eigenvalue weighted by Gasteiger charge is 2.26. The molecule has 0 unspecified atom stereocenters. The van der Waals surface area contributed by atoms with E-state index in [1.54, 1.807) is 19.3 Å². The molecular formula is C14H20N4O2S. The van der Waals surface area contributed by atoms with Gasteiger partial charge in [0.05, 0.1) is 11.9 Å². The molecule has 0 saturated heterocycles. The summed E-state index contributed by atoms with van der Waals surface area (Å²) in [4.78, 5) is 0. The maximum absolute atomic E-state index is 12.7. The van der Waals surface area contributed by atoms with Gasteiger partial charge in [0.2, 0.25) is 0 Å². The van der Waals surface area contributed by atoms with Crippen LogP contribution in [-0.4, -0.2) is 32.2 Å². The van der Waals surface area contributed by atoms with E-state index in [4.69, 9.17) is 0 Å². The zero-order valence-corrected chi connectivity index (χ0v) is 13.2. The van der Waals surface area contributed by atoms with Crippen molar-refractivity contribution in [1.82, 2.24) is 15.5 Å². The van der Waals surface area contributed by atoms with E-state index < -0.39 is 10.0 Å². The van der Waals surface area contributed by atoms with E-state index in [9.17, 15) is 8.42 Å². The SMILES string of the molecule is CCNCc1cn[nH]c1S(=O)(=O)N(C)c1cccc(C)c1. The molecule has 0 radical (unpaired) electrons. The Labute approximate surface area is 125 Å². The highest BCUT2D eigenvalue weighted by atomic mass is 32.2. The van der Waals surface area contributed by atoms with Gasteiger partial charge in [0, 0.05) is 19.2 Å². The molecule has 2 aromatic rings. The highest BCUT2D eigenvalue weighted by Crippen LogP contribution is 2.23. The Balaban J connectivity index is 2.36. The molecule has 1 aromatic heterocycles. The average molecular weight is 308 g/mol. The molecule has 21 heavy (non-hydrogen) atoms. The lowest BCUT2D eigenvalue weighted by Crippen LogP contribution is -2.28. The number of nitrogens with zero attached hydrogens (tertiary/aromatic N) is 2. The lowest BCUT2D eigenvalue weighted by molar-refractivity contribution is 0.587. The van der Waals surface area contributed by atoms with Crippen molar-refractivity contribution >= 4 is 15.7 Å². The molecule has 0 amide bonds. The van der Waals surface area contributed by atoms with Crippen molar-refractivity contribution in [3.05, 3.63) is 41.6 Å². The number of aromatic amines is 1. The van der Waals surface area contributed by atoms with Crippen LogP contribution in [0.1, 0.15) is 18.1 Å². The Bertz CT molecular complexity index is 709. The van der Waals surface area contributed by atoms with Crippen LogP contribution in [0.4, 0.5) is 5.69 Å². The fourth-order valence-electron chi connectivity index (χ4n) is 2.01. The number of aryl methyl sites for hydroxylation is 1. The maximum Gasteiger partial charge on any atom is 0.281 e. The van der Waals surface area contributed by atoms with Crippen molar-refractivity contribution in [1.29, 1.82) is 0 Å². The van der Waals surface area contributed by atoms with Gasteiger partial charge in [-0.25, -0.2) is 0 Å². The fraction of sp³-hybridized carbons (Fsp3) is 0.357. The van der Waals surface area contributed by atoms with Crippen LogP contribution in [0.5, 0.6) is 0 Å². The van der Waals surface area contributed by atoms with Crippen LogP contribution >= 0.6 is 0 Å². The van der Waals surface area contributed by atoms with Crippen LogP contribution in [0.15, 0.2) is 35.5 Å². The van der Waals surface area contributed by atoms with Crippen molar-refractivity contribution in [2.75, 3.05) is 17.9 Å². The molecule has 2 N–H and O–H groups in total. The van der Waals surface area contributed by atoms with Crippen molar-refractivity contribution in [3.8, 4) is 0 Å². The first-order valence-corrected chi connectivity index (χ1v) is 8.19. The minimum Gasteiger partial charge on any atom is -0.313 e. The number of H-pyrrole nitrogens is 1. The molecule has 1 aromatic carbocycles. The molecule has 0 spiro atoms. The third-order valence-electron chi connectivity index (χ3n) is 3.23. The van der Waals surface area contributed by atoms with Crippen LogP contribution in [0.2, 0.25) is 0 Å². The Morgan fingerprint density at radius 3 is 2.81 bits per heavy atom. The molecule has 0 bridgehead atoms. The molecule has 0 aliphatic carbocycles. The summed E-state index contributed by atoms with van der Waals surface area (Å²) < 4.78 is 26.7. The average Bonchev–Trinajstić information content (AvgIpc) is 2.93. The maximum atomic E-state index is 12.7. The summed E-state index contributed by atoms with van der Waals surface area (Å²) >= 11 is 0. The van der Waals surface area contributed by atoms with Crippen LogP contribution in [0.25, 0.3) is 0 Å². The molecular weight excluding hydrogens is 288 g/mol. The summed E-state index contributed by atoms with van der Waals surface area (Å²) in [6.45, 7) is 5.12.